The molecule has 0 spiro atoms. The summed E-state index contributed by atoms with van der Waals surface area (Å²) in [5, 5.41) is 3.03. The Kier molecular flexibility index (Phi) is 4.55. The van der Waals surface area contributed by atoms with E-state index < -0.39 is 5.54 Å². The number of pyridine rings is 1. The first kappa shape index (κ1) is 14.7. The van der Waals surface area contributed by atoms with Crippen LogP contribution in [0, 0.1) is 0 Å². The minimum absolute atomic E-state index is 0.0208. The Morgan fingerprint density at radius 2 is 1.90 bits per heavy atom. The first-order valence-electron chi connectivity index (χ1n) is 6.45. The molecular formula is C16H17BrN2O. The van der Waals surface area contributed by atoms with E-state index in [9.17, 15) is 4.79 Å². The Hall–Kier alpha value is -1.68. The fourth-order valence-electron chi connectivity index (χ4n) is 2.00. The predicted octanol–water partition coefficient (Wildman–Crippen LogP) is 3.44. The van der Waals surface area contributed by atoms with Crippen LogP contribution in [0.4, 0.5) is 0 Å². The van der Waals surface area contributed by atoms with Crippen LogP contribution in [0.15, 0.2) is 53.1 Å². The van der Waals surface area contributed by atoms with Gasteiger partial charge < -0.3 is 5.32 Å². The lowest BCUT2D eigenvalue weighted by molar-refractivity contribution is -0.122. The van der Waals surface area contributed by atoms with E-state index in [1.54, 1.807) is 6.20 Å². The molecule has 0 unspecified atom stereocenters. The number of hydrogen-bond donors (Lipinski definition) is 1. The van der Waals surface area contributed by atoms with Crippen molar-refractivity contribution in [3.8, 4) is 0 Å². The van der Waals surface area contributed by atoms with Crippen molar-refractivity contribution in [1.29, 1.82) is 0 Å². The van der Waals surface area contributed by atoms with Crippen LogP contribution < -0.4 is 5.32 Å². The fourth-order valence-corrected chi connectivity index (χ4v) is 2.43. The summed E-state index contributed by atoms with van der Waals surface area (Å²) in [4.78, 5) is 16.5. The highest BCUT2D eigenvalue weighted by atomic mass is 79.9. The quantitative estimate of drug-likeness (QED) is 0.931. The van der Waals surface area contributed by atoms with E-state index in [0.717, 1.165) is 15.7 Å². The highest BCUT2D eigenvalue weighted by Gasteiger charge is 2.24. The number of carbonyl (C=O) groups is 1. The number of rotatable bonds is 4. The Morgan fingerprint density at radius 1 is 1.20 bits per heavy atom. The summed E-state index contributed by atoms with van der Waals surface area (Å²) in [5.41, 5.74) is 1.34. The second-order valence-corrected chi connectivity index (χ2v) is 6.01. The molecule has 3 nitrogen and oxygen atoms in total. The SMILES string of the molecule is CC(C)(NC(=O)Cc1ccccc1Br)c1ccccn1. The summed E-state index contributed by atoms with van der Waals surface area (Å²) in [6.45, 7) is 3.90. The highest BCUT2D eigenvalue weighted by Crippen LogP contribution is 2.19. The molecule has 1 aromatic heterocycles. The normalized spacial score (nSPS) is 11.2. The Balaban J connectivity index is 2.07. The van der Waals surface area contributed by atoms with Gasteiger partial charge >= 0.3 is 0 Å². The largest absolute Gasteiger partial charge is 0.345 e. The fraction of sp³-hybridized carbons (Fsp3) is 0.250. The second kappa shape index (κ2) is 6.18. The third-order valence-electron chi connectivity index (χ3n) is 3.07. The highest BCUT2D eigenvalue weighted by molar-refractivity contribution is 9.10. The van der Waals surface area contributed by atoms with Gasteiger partial charge in [0.25, 0.3) is 0 Å². The topological polar surface area (TPSA) is 42.0 Å². The van der Waals surface area contributed by atoms with Crippen LogP contribution in [0.1, 0.15) is 25.1 Å². The van der Waals surface area contributed by atoms with Crippen LogP contribution in [-0.2, 0) is 16.8 Å². The molecule has 0 saturated carbocycles. The van der Waals surface area contributed by atoms with Crippen molar-refractivity contribution >= 4 is 21.8 Å². The number of nitrogens with zero attached hydrogens (tertiary/aromatic N) is 1. The van der Waals surface area contributed by atoms with Gasteiger partial charge in [-0.15, -0.1) is 0 Å². The van der Waals surface area contributed by atoms with E-state index in [1.807, 2.05) is 56.3 Å². The van der Waals surface area contributed by atoms with Gasteiger partial charge in [-0.1, -0.05) is 40.2 Å². The van der Waals surface area contributed by atoms with Gasteiger partial charge in [0.2, 0.25) is 5.91 Å². The maximum absolute atomic E-state index is 12.2. The molecule has 1 amide bonds. The molecule has 0 saturated heterocycles. The molecule has 0 atom stereocenters. The monoisotopic (exact) mass is 332 g/mol. The molecule has 0 aliphatic rings. The van der Waals surface area contributed by atoms with Gasteiger partial charge in [0.1, 0.15) is 0 Å². The molecular weight excluding hydrogens is 316 g/mol. The number of nitrogens with one attached hydrogen (secondary N) is 1. The summed E-state index contributed by atoms with van der Waals surface area (Å²) >= 11 is 3.46. The first-order chi connectivity index (χ1) is 9.49. The van der Waals surface area contributed by atoms with Crippen LogP contribution in [0.3, 0.4) is 0 Å². The Labute approximate surface area is 127 Å². The Bertz CT molecular complexity index is 596. The van der Waals surface area contributed by atoms with Crippen molar-refractivity contribution in [3.05, 3.63) is 64.4 Å². The number of halogens is 1. The van der Waals surface area contributed by atoms with Gasteiger partial charge in [0, 0.05) is 10.7 Å². The summed E-state index contributed by atoms with van der Waals surface area (Å²) in [5.74, 6) is -0.0208. The van der Waals surface area contributed by atoms with Crippen molar-refractivity contribution in [1.82, 2.24) is 10.3 Å². The van der Waals surface area contributed by atoms with E-state index in [4.69, 9.17) is 0 Å². The summed E-state index contributed by atoms with van der Waals surface area (Å²) in [7, 11) is 0. The molecule has 1 N–H and O–H groups in total. The number of aromatic nitrogens is 1. The third-order valence-corrected chi connectivity index (χ3v) is 3.84. The number of benzene rings is 1. The number of amides is 1. The van der Waals surface area contributed by atoms with E-state index in [2.05, 4.69) is 26.2 Å². The Morgan fingerprint density at radius 3 is 2.55 bits per heavy atom. The van der Waals surface area contributed by atoms with Crippen molar-refractivity contribution in [2.24, 2.45) is 0 Å². The van der Waals surface area contributed by atoms with Gasteiger partial charge in [-0.2, -0.15) is 0 Å². The predicted molar refractivity (Wildman–Crippen MR) is 83.3 cm³/mol. The van der Waals surface area contributed by atoms with Crippen LogP contribution in [0.25, 0.3) is 0 Å². The average Bonchev–Trinajstić information content (AvgIpc) is 2.42. The zero-order chi connectivity index (χ0) is 14.6. The molecule has 2 rings (SSSR count). The molecule has 0 bridgehead atoms. The molecule has 0 radical (unpaired) electrons. The van der Waals surface area contributed by atoms with Crippen LogP contribution in [-0.4, -0.2) is 10.9 Å². The summed E-state index contributed by atoms with van der Waals surface area (Å²) in [6, 6.07) is 13.4. The standard InChI is InChI=1S/C16H17BrN2O/c1-16(2,14-9-5-6-10-18-14)19-15(20)11-12-7-3-4-8-13(12)17/h3-10H,11H2,1-2H3,(H,19,20). The van der Waals surface area contributed by atoms with Crippen molar-refractivity contribution in [2.45, 2.75) is 25.8 Å². The van der Waals surface area contributed by atoms with Gasteiger partial charge in [0.05, 0.1) is 17.7 Å². The number of carbonyl (C=O) groups excluding carboxylic acids is 1. The maximum atomic E-state index is 12.2. The van der Waals surface area contributed by atoms with Crippen LogP contribution in [0.2, 0.25) is 0 Å². The molecule has 0 fully saturated rings. The summed E-state index contributed by atoms with van der Waals surface area (Å²) < 4.78 is 0.950. The lowest BCUT2D eigenvalue weighted by atomic mass is 9.99. The van der Waals surface area contributed by atoms with Gasteiger partial charge in [-0.05, 0) is 37.6 Å². The third kappa shape index (κ3) is 3.67. The van der Waals surface area contributed by atoms with Crippen molar-refractivity contribution in [3.63, 3.8) is 0 Å². The van der Waals surface area contributed by atoms with Crippen LogP contribution in [0.5, 0.6) is 0 Å². The molecule has 1 heterocycles. The average molecular weight is 333 g/mol. The zero-order valence-electron chi connectivity index (χ0n) is 11.6. The van der Waals surface area contributed by atoms with Gasteiger partial charge in [-0.25, -0.2) is 0 Å². The molecule has 2 aromatic rings. The van der Waals surface area contributed by atoms with Gasteiger partial charge in [0.15, 0.2) is 0 Å². The smallest absolute Gasteiger partial charge is 0.225 e. The molecule has 1 aromatic carbocycles. The lowest BCUT2D eigenvalue weighted by Gasteiger charge is -2.25. The molecule has 4 heteroatoms. The molecule has 20 heavy (non-hydrogen) atoms. The molecule has 0 aliphatic heterocycles. The van der Waals surface area contributed by atoms with Crippen molar-refractivity contribution < 1.29 is 4.79 Å². The van der Waals surface area contributed by atoms with E-state index in [0.29, 0.717) is 6.42 Å². The van der Waals surface area contributed by atoms with E-state index in [1.165, 1.54) is 0 Å². The second-order valence-electron chi connectivity index (χ2n) is 5.16. The molecule has 0 aliphatic carbocycles. The van der Waals surface area contributed by atoms with Crippen LogP contribution >= 0.6 is 15.9 Å². The minimum Gasteiger partial charge on any atom is -0.345 e. The summed E-state index contributed by atoms with van der Waals surface area (Å²) in [6.07, 6.45) is 2.08. The van der Waals surface area contributed by atoms with E-state index in [-0.39, 0.29) is 5.91 Å². The minimum atomic E-state index is -0.487. The first-order valence-corrected chi connectivity index (χ1v) is 7.24. The van der Waals surface area contributed by atoms with Crippen molar-refractivity contribution in [2.75, 3.05) is 0 Å². The lowest BCUT2D eigenvalue weighted by Crippen LogP contribution is -2.42. The maximum Gasteiger partial charge on any atom is 0.225 e. The van der Waals surface area contributed by atoms with E-state index >= 15 is 0 Å². The van der Waals surface area contributed by atoms with Gasteiger partial charge in [-0.3, -0.25) is 9.78 Å². The number of hydrogen-bond acceptors (Lipinski definition) is 2. The molecule has 104 valence electrons. The zero-order valence-corrected chi connectivity index (χ0v) is 13.1.